The SMILES string of the molecule is CC1CCCN(C(N)=NCCCOC2CCOCC2)C1.I. The predicted molar refractivity (Wildman–Crippen MR) is 96.3 cm³/mol. The number of likely N-dealkylation sites (tertiary alicyclic amines) is 1. The summed E-state index contributed by atoms with van der Waals surface area (Å²) < 4.78 is 11.1. The van der Waals surface area contributed by atoms with Crippen LogP contribution < -0.4 is 5.73 Å². The molecule has 2 aliphatic rings. The Hall–Kier alpha value is -0.0800. The average Bonchev–Trinajstić information content (AvgIpc) is 2.48. The van der Waals surface area contributed by atoms with Gasteiger partial charge in [-0.1, -0.05) is 6.92 Å². The van der Waals surface area contributed by atoms with Crippen molar-refractivity contribution in [2.75, 3.05) is 39.5 Å². The summed E-state index contributed by atoms with van der Waals surface area (Å²) in [6, 6.07) is 0. The molecule has 2 aliphatic heterocycles. The zero-order valence-electron chi connectivity index (χ0n) is 13.1. The molecule has 6 heteroatoms. The normalized spacial score (nSPS) is 24.7. The summed E-state index contributed by atoms with van der Waals surface area (Å²) in [5.41, 5.74) is 6.05. The lowest BCUT2D eigenvalue weighted by molar-refractivity contribution is -0.0318. The van der Waals surface area contributed by atoms with Gasteiger partial charge in [0.1, 0.15) is 0 Å². The first-order chi connectivity index (χ1) is 9.75. The van der Waals surface area contributed by atoms with E-state index in [2.05, 4.69) is 16.8 Å². The van der Waals surface area contributed by atoms with E-state index in [1.54, 1.807) is 0 Å². The number of rotatable bonds is 5. The summed E-state index contributed by atoms with van der Waals surface area (Å²) >= 11 is 0. The molecule has 5 nitrogen and oxygen atoms in total. The predicted octanol–water partition coefficient (Wildman–Crippen LogP) is 2.24. The van der Waals surface area contributed by atoms with Crippen LogP contribution in [0.1, 0.15) is 39.0 Å². The fraction of sp³-hybridized carbons (Fsp3) is 0.933. The van der Waals surface area contributed by atoms with Gasteiger partial charge in [0.05, 0.1) is 6.10 Å². The third-order valence-electron chi connectivity index (χ3n) is 4.08. The van der Waals surface area contributed by atoms with E-state index in [1.807, 2.05) is 0 Å². The van der Waals surface area contributed by atoms with E-state index < -0.39 is 0 Å². The largest absolute Gasteiger partial charge is 0.381 e. The minimum atomic E-state index is 0. The summed E-state index contributed by atoms with van der Waals surface area (Å²) in [6.45, 7) is 7.59. The van der Waals surface area contributed by atoms with Crippen molar-refractivity contribution in [3.05, 3.63) is 0 Å². The molecule has 0 saturated carbocycles. The van der Waals surface area contributed by atoms with Gasteiger partial charge in [0.2, 0.25) is 0 Å². The first-order valence-electron chi connectivity index (χ1n) is 8.00. The van der Waals surface area contributed by atoms with Gasteiger partial charge in [0.25, 0.3) is 0 Å². The maximum atomic E-state index is 6.05. The molecule has 2 N–H and O–H groups in total. The Labute approximate surface area is 145 Å². The van der Waals surface area contributed by atoms with Crippen LogP contribution >= 0.6 is 24.0 Å². The van der Waals surface area contributed by atoms with E-state index in [0.29, 0.717) is 12.1 Å². The van der Waals surface area contributed by atoms with Crippen molar-refractivity contribution in [1.82, 2.24) is 4.90 Å². The molecule has 2 fully saturated rings. The smallest absolute Gasteiger partial charge is 0.191 e. The van der Waals surface area contributed by atoms with E-state index in [9.17, 15) is 0 Å². The second-order valence-electron chi connectivity index (χ2n) is 5.97. The molecule has 0 aromatic carbocycles. The van der Waals surface area contributed by atoms with E-state index in [-0.39, 0.29) is 24.0 Å². The summed E-state index contributed by atoms with van der Waals surface area (Å²) in [4.78, 5) is 6.70. The molecule has 0 spiro atoms. The van der Waals surface area contributed by atoms with Crippen molar-refractivity contribution >= 4 is 29.9 Å². The summed E-state index contributed by atoms with van der Waals surface area (Å²) in [5.74, 6) is 1.44. The van der Waals surface area contributed by atoms with Gasteiger partial charge in [0.15, 0.2) is 5.96 Å². The average molecular weight is 411 g/mol. The van der Waals surface area contributed by atoms with Gasteiger partial charge in [-0.2, -0.15) is 0 Å². The van der Waals surface area contributed by atoms with Gasteiger partial charge >= 0.3 is 0 Å². The zero-order chi connectivity index (χ0) is 14.2. The number of halogens is 1. The molecule has 1 unspecified atom stereocenters. The Bertz CT molecular complexity index is 309. The van der Waals surface area contributed by atoms with Crippen molar-refractivity contribution < 1.29 is 9.47 Å². The third-order valence-corrected chi connectivity index (χ3v) is 4.08. The van der Waals surface area contributed by atoms with Crippen molar-refractivity contribution in [2.24, 2.45) is 16.6 Å². The van der Waals surface area contributed by atoms with Gasteiger partial charge in [-0.15, -0.1) is 24.0 Å². The number of hydrogen-bond donors (Lipinski definition) is 1. The van der Waals surface area contributed by atoms with Crippen LogP contribution in [0.15, 0.2) is 4.99 Å². The van der Waals surface area contributed by atoms with Crippen molar-refractivity contribution in [1.29, 1.82) is 0 Å². The van der Waals surface area contributed by atoms with E-state index in [1.165, 1.54) is 12.8 Å². The number of nitrogens with zero attached hydrogens (tertiary/aromatic N) is 2. The van der Waals surface area contributed by atoms with Crippen LogP contribution in [0.4, 0.5) is 0 Å². The van der Waals surface area contributed by atoms with E-state index in [4.69, 9.17) is 15.2 Å². The highest BCUT2D eigenvalue weighted by Crippen LogP contribution is 2.15. The minimum Gasteiger partial charge on any atom is -0.381 e. The first kappa shape index (κ1) is 19.0. The Morgan fingerprint density at radius 2 is 2.10 bits per heavy atom. The molecule has 0 aromatic rings. The summed E-state index contributed by atoms with van der Waals surface area (Å²) in [5, 5.41) is 0. The number of guanidine groups is 1. The molecule has 0 aliphatic carbocycles. The Morgan fingerprint density at radius 3 is 2.81 bits per heavy atom. The van der Waals surface area contributed by atoms with Crippen molar-refractivity contribution in [3.8, 4) is 0 Å². The number of aliphatic imine (C=N–C) groups is 1. The van der Waals surface area contributed by atoms with Crippen LogP contribution in [0.3, 0.4) is 0 Å². The van der Waals surface area contributed by atoms with Crippen LogP contribution in [0.2, 0.25) is 0 Å². The quantitative estimate of drug-likeness (QED) is 0.326. The number of piperidine rings is 1. The lowest BCUT2D eigenvalue weighted by Crippen LogP contribution is -2.43. The molecule has 124 valence electrons. The topological polar surface area (TPSA) is 60.1 Å². The van der Waals surface area contributed by atoms with Gasteiger partial charge in [-0.3, -0.25) is 4.99 Å². The zero-order valence-corrected chi connectivity index (χ0v) is 15.5. The Kier molecular flexibility index (Phi) is 9.59. The maximum Gasteiger partial charge on any atom is 0.191 e. The number of ether oxygens (including phenoxy) is 2. The molecular formula is C15H30IN3O2. The fourth-order valence-corrected chi connectivity index (χ4v) is 2.85. The second kappa shape index (κ2) is 10.6. The second-order valence-corrected chi connectivity index (χ2v) is 5.97. The van der Waals surface area contributed by atoms with Gasteiger partial charge in [-0.05, 0) is 38.0 Å². The number of hydrogen-bond acceptors (Lipinski definition) is 3. The van der Waals surface area contributed by atoms with E-state index in [0.717, 1.165) is 64.6 Å². The summed E-state index contributed by atoms with van der Waals surface area (Å²) in [6.07, 6.45) is 5.91. The van der Waals surface area contributed by atoms with Crippen LogP contribution in [0.25, 0.3) is 0 Å². The molecule has 2 saturated heterocycles. The fourth-order valence-electron chi connectivity index (χ4n) is 2.85. The summed E-state index contributed by atoms with van der Waals surface area (Å²) in [7, 11) is 0. The van der Waals surface area contributed by atoms with Crippen molar-refractivity contribution in [3.63, 3.8) is 0 Å². The van der Waals surface area contributed by atoms with Crippen LogP contribution in [0.5, 0.6) is 0 Å². The molecule has 0 radical (unpaired) electrons. The molecule has 1 atom stereocenters. The van der Waals surface area contributed by atoms with Crippen LogP contribution in [-0.2, 0) is 9.47 Å². The standard InChI is InChI=1S/C15H29N3O2.HI/c1-13-4-2-8-18(12-13)15(16)17-7-3-9-20-14-5-10-19-11-6-14;/h13-14H,2-12H2,1H3,(H2,16,17);1H. The maximum absolute atomic E-state index is 6.05. The highest BCUT2D eigenvalue weighted by Gasteiger charge is 2.17. The Balaban J connectivity index is 0.00000220. The molecule has 2 heterocycles. The Morgan fingerprint density at radius 1 is 1.33 bits per heavy atom. The highest BCUT2D eigenvalue weighted by atomic mass is 127. The molecular weight excluding hydrogens is 381 g/mol. The van der Waals surface area contributed by atoms with Crippen molar-refractivity contribution in [2.45, 2.75) is 45.1 Å². The van der Waals surface area contributed by atoms with E-state index >= 15 is 0 Å². The first-order valence-corrected chi connectivity index (χ1v) is 8.00. The van der Waals surface area contributed by atoms with Gasteiger partial charge in [0, 0.05) is 39.5 Å². The van der Waals surface area contributed by atoms with Gasteiger partial charge in [-0.25, -0.2) is 0 Å². The lowest BCUT2D eigenvalue weighted by Gasteiger charge is -2.31. The van der Waals surface area contributed by atoms with Crippen LogP contribution in [0, 0.1) is 5.92 Å². The molecule has 0 bridgehead atoms. The molecule has 21 heavy (non-hydrogen) atoms. The monoisotopic (exact) mass is 411 g/mol. The molecule has 2 rings (SSSR count). The lowest BCUT2D eigenvalue weighted by atomic mass is 10.0. The number of nitrogens with two attached hydrogens (primary N) is 1. The minimum absolute atomic E-state index is 0. The van der Waals surface area contributed by atoms with Crippen LogP contribution in [-0.4, -0.2) is 56.4 Å². The van der Waals surface area contributed by atoms with Gasteiger partial charge < -0.3 is 20.1 Å². The molecule has 0 aromatic heterocycles. The third kappa shape index (κ3) is 7.15. The molecule has 0 amide bonds. The highest BCUT2D eigenvalue weighted by molar-refractivity contribution is 14.0.